The van der Waals surface area contributed by atoms with Crippen molar-refractivity contribution in [3.63, 3.8) is 0 Å². The Balaban J connectivity index is 2.13. The Morgan fingerprint density at radius 3 is 3.00 bits per heavy atom. The first-order valence-corrected chi connectivity index (χ1v) is 8.04. The predicted octanol–water partition coefficient (Wildman–Crippen LogP) is 3.17. The second-order valence-corrected chi connectivity index (χ2v) is 5.67. The highest BCUT2D eigenvalue weighted by Gasteiger charge is 2.17. The van der Waals surface area contributed by atoms with Gasteiger partial charge in [0.15, 0.2) is 5.65 Å². The van der Waals surface area contributed by atoms with Crippen LogP contribution in [0.2, 0.25) is 5.28 Å². The summed E-state index contributed by atoms with van der Waals surface area (Å²) in [6.07, 6.45) is 2.48. The molecule has 3 aromatic rings. The molecule has 0 bridgehead atoms. The fourth-order valence-electron chi connectivity index (χ4n) is 2.45. The molecule has 0 fully saturated rings. The van der Waals surface area contributed by atoms with Crippen LogP contribution in [-0.2, 0) is 4.79 Å². The average molecular weight is 358 g/mol. The normalized spacial score (nSPS) is 12.1. The highest BCUT2D eigenvalue weighted by molar-refractivity contribution is 6.28. The van der Waals surface area contributed by atoms with Crippen LogP contribution >= 0.6 is 11.6 Å². The van der Waals surface area contributed by atoms with E-state index in [1.54, 1.807) is 24.4 Å². The number of rotatable bonds is 5. The first-order valence-electron chi connectivity index (χ1n) is 7.66. The Bertz CT molecular complexity index is 953. The maximum Gasteiger partial charge on any atom is 0.247 e. The first-order chi connectivity index (χ1) is 12.0. The number of nitrogens with zero attached hydrogens (tertiary/aromatic N) is 4. The number of aliphatic hydroxyl groups excluding tert-OH is 1. The minimum atomic E-state index is -0.797. The van der Waals surface area contributed by atoms with Gasteiger partial charge in [0.2, 0.25) is 11.2 Å². The summed E-state index contributed by atoms with van der Waals surface area (Å²) in [5, 5.41) is 17.7. The van der Waals surface area contributed by atoms with E-state index >= 15 is 0 Å². The summed E-state index contributed by atoms with van der Waals surface area (Å²) in [7, 11) is 0. The molecule has 0 saturated carbocycles. The summed E-state index contributed by atoms with van der Waals surface area (Å²) in [6, 6.07) is 7.17. The average Bonchev–Trinajstić information content (AvgIpc) is 3.04. The summed E-state index contributed by atoms with van der Waals surface area (Å²) in [5.74, 6) is -0.304. The largest absolute Gasteiger partial charge is 0.372 e. The van der Waals surface area contributed by atoms with Gasteiger partial charge in [0.05, 0.1) is 17.3 Å². The van der Waals surface area contributed by atoms with E-state index in [0.717, 1.165) is 5.56 Å². The number of nitrogens with one attached hydrogen (secondary N) is 1. The predicted molar refractivity (Wildman–Crippen MR) is 96.1 cm³/mol. The molecule has 0 aliphatic heterocycles. The van der Waals surface area contributed by atoms with Gasteiger partial charge in [-0.2, -0.15) is 10.1 Å². The molecule has 2 heterocycles. The maximum atomic E-state index is 11.5. The molecule has 0 saturated heterocycles. The van der Waals surface area contributed by atoms with Crippen molar-refractivity contribution in [1.29, 1.82) is 0 Å². The van der Waals surface area contributed by atoms with Gasteiger partial charge in [0.25, 0.3) is 0 Å². The van der Waals surface area contributed by atoms with E-state index in [2.05, 4.69) is 27.0 Å². The molecule has 2 aromatic heterocycles. The molecule has 0 radical (unpaired) electrons. The van der Waals surface area contributed by atoms with E-state index < -0.39 is 6.23 Å². The van der Waals surface area contributed by atoms with Crippen LogP contribution in [0.5, 0.6) is 0 Å². The molecular formula is C17H16ClN5O2. The van der Waals surface area contributed by atoms with Crippen molar-refractivity contribution in [3.8, 4) is 11.3 Å². The number of aliphatic hydroxyl groups is 1. The Kier molecular flexibility index (Phi) is 4.78. The fourth-order valence-corrected chi connectivity index (χ4v) is 2.61. The van der Waals surface area contributed by atoms with Gasteiger partial charge in [-0.3, -0.25) is 4.79 Å². The van der Waals surface area contributed by atoms with Gasteiger partial charge in [-0.25, -0.2) is 9.67 Å². The third-order valence-electron chi connectivity index (χ3n) is 3.66. The number of carbonyl (C=O) groups excluding carboxylic acids is 1. The van der Waals surface area contributed by atoms with Crippen LogP contribution in [-0.4, -0.2) is 30.8 Å². The third-order valence-corrected chi connectivity index (χ3v) is 3.83. The van der Waals surface area contributed by atoms with Crippen molar-refractivity contribution in [2.75, 3.05) is 5.32 Å². The zero-order chi connectivity index (χ0) is 18.0. The van der Waals surface area contributed by atoms with E-state index in [1.807, 2.05) is 13.0 Å². The molecule has 1 unspecified atom stereocenters. The van der Waals surface area contributed by atoms with Crippen LogP contribution in [0.15, 0.2) is 43.1 Å². The fraction of sp³-hybridized carbons (Fsp3) is 0.176. The molecule has 1 aromatic carbocycles. The van der Waals surface area contributed by atoms with Gasteiger partial charge in [-0.05, 0) is 36.2 Å². The molecule has 0 spiro atoms. The molecule has 128 valence electrons. The van der Waals surface area contributed by atoms with Crippen LogP contribution < -0.4 is 5.32 Å². The SMILES string of the molecule is C=CC(=O)Nc1cccc(-c2nc(Cl)nc3c2cnn3C(O)CC)c1. The van der Waals surface area contributed by atoms with Crippen LogP contribution in [0, 0.1) is 0 Å². The van der Waals surface area contributed by atoms with Crippen LogP contribution in [0.3, 0.4) is 0 Å². The molecule has 25 heavy (non-hydrogen) atoms. The van der Waals surface area contributed by atoms with E-state index in [9.17, 15) is 9.90 Å². The van der Waals surface area contributed by atoms with Gasteiger partial charge in [0.1, 0.15) is 6.23 Å². The molecule has 8 heteroatoms. The first kappa shape index (κ1) is 17.1. The summed E-state index contributed by atoms with van der Waals surface area (Å²) < 4.78 is 1.41. The lowest BCUT2D eigenvalue weighted by atomic mass is 10.1. The van der Waals surface area contributed by atoms with Crippen molar-refractivity contribution in [2.45, 2.75) is 19.6 Å². The maximum absolute atomic E-state index is 11.5. The van der Waals surface area contributed by atoms with Gasteiger partial charge < -0.3 is 10.4 Å². The molecular weight excluding hydrogens is 342 g/mol. The van der Waals surface area contributed by atoms with Crippen LogP contribution in [0.1, 0.15) is 19.6 Å². The number of aromatic nitrogens is 4. The van der Waals surface area contributed by atoms with Gasteiger partial charge in [0, 0.05) is 11.3 Å². The Labute approximate surface area is 149 Å². The van der Waals surface area contributed by atoms with Crippen molar-refractivity contribution >= 4 is 34.2 Å². The smallest absolute Gasteiger partial charge is 0.247 e. The molecule has 7 nitrogen and oxygen atoms in total. The number of amides is 1. The Hall–Kier alpha value is -2.77. The van der Waals surface area contributed by atoms with E-state index in [-0.39, 0.29) is 11.2 Å². The summed E-state index contributed by atoms with van der Waals surface area (Å²) in [6.45, 7) is 5.27. The zero-order valence-corrected chi connectivity index (χ0v) is 14.2. The quantitative estimate of drug-likeness (QED) is 0.540. The van der Waals surface area contributed by atoms with Crippen molar-refractivity contribution in [3.05, 3.63) is 48.4 Å². The van der Waals surface area contributed by atoms with E-state index in [4.69, 9.17) is 11.6 Å². The van der Waals surface area contributed by atoms with E-state index in [0.29, 0.717) is 28.8 Å². The number of halogens is 1. The molecule has 0 aliphatic carbocycles. The number of benzene rings is 1. The lowest BCUT2D eigenvalue weighted by Gasteiger charge is -2.10. The standard InChI is InChI=1S/C17H16ClN5O2/c1-3-13(24)20-11-7-5-6-10(8-11)15-12-9-19-23(14(25)4-2)16(12)22-17(18)21-15/h3,5-9,14,25H,1,4H2,2H3,(H,20,24). The minimum absolute atomic E-state index is 0.0492. The molecule has 1 atom stereocenters. The zero-order valence-electron chi connectivity index (χ0n) is 13.5. The second kappa shape index (κ2) is 7.00. The number of fused-ring (bicyclic) bond motifs is 1. The highest BCUT2D eigenvalue weighted by atomic mass is 35.5. The van der Waals surface area contributed by atoms with Crippen molar-refractivity contribution in [1.82, 2.24) is 19.7 Å². The van der Waals surface area contributed by atoms with Gasteiger partial charge in [-0.1, -0.05) is 25.6 Å². The lowest BCUT2D eigenvalue weighted by Crippen LogP contribution is -2.09. The third kappa shape index (κ3) is 3.38. The lowest BCUT2D eigenvalue weighted by molar-refractivity contribution is -0.111. The van der Waals surface area contributed by atoms with Crippen molar-refractivity contribution < 1.29 is 9.90 Å². The number of anilines is 1. The molecule has 0 aliphatic rings. The summed E-state index contributed by atoms with van der Waals surface area (Å²) in [5.41, 5.74) is 2.36. The summed E-state index contributed by atoms with van der Waals surface area (Å²) in [4.78, 5) is 20.0. The molecule has 1 amide bonds. The number of carbonyl (C=O) groups is 1. The van der Waals surface area contributed by atoms with Gasteiger partial charge in [-0.15, -0.1) is 0 Å². The van der Waals surface area contributed by atoms with Crippen LogP contribution in [0.4, 0.5) is 5.69 Å². The monoisotopic (exact) mass is 357 g/mol. The molecule has 3 rings (SSSR count). The number of hydrogen-bond acceptors (Lipinski definition) is 5. The van der Waals surface area contributed by atoms with E-state index in [1.165, 1.54) is 10.8 Å². The highest BCUT2D eigenvalue weighted by Crippen LogP contribution is 2.30. The Morgan fingerprint density at radius 1 is 1.48 bits per heavy atom. The second-order valence-electron chi connectivity index (χ2n) is 5.33. The summed E-state index contributed by atoms with van der Waals surface area (Å²) >= 11 is 6.07. The minimum Gasteiger partial charge on any atom is -0.372 e. The topological polar surface area (TPSA) is 92.9 Å². The van der Waals surface area contributed by atoms with Crippen LogP contribution in [0.25, 0.3) is 22.3 Å². The molecule has 2 N–H and O–H groups in total. The Morgan fingerprint density at radius 2 is 2.28 bits per heavy atom. The van der Waals surface area contributed by atoms with Gasteiger partial charge >= 0.3 is 0 Å². The number of hydrogen-bond donors (Lipinski definition) is 2. The van der Waals surface area contributed by atoms with Crippen molar-refractivity contribution in [2.24, 2.45) is 0 Å².